The molecule has 234 valence electrons. The van der Waals surface area contributed by atoms with Gasteiger partial charge in [0.1, 0.15) is 0 Å². The summed E-state index contributed by atoms with van der Waals surface area (Å²) in [5.41, 5.74) is 10.3. The van der Waals surface area contributed by atoms with Gasteiger partial charge in [-0.1, -0.05) is 42.0 Å². The molecular formula is C30H40N4O8S. The van der Waals surface area contributed by atoms with E-state index in [9.17, 15) is 29.7 Å². The van der Waals surface area contributed by atoms with Crippen molar-refractivity contribution in [1.29, 1.82) is 5.53 Å². The molecule has 1 aliphatic heterocycles. The van der Waals surface area contributed by atoms with Crippen LogP contribution in [0.3, 0.4) is 0 Å². The van der Waals surface area contributed by atoms with E-state index in [-0.39, 0.29) is 19.6 Å². The second kappa shape index (κ2) is 16.5. The standard InChI is InChI=1S/C30H40N4O8S/c1-19-4-6-21(7-5-19)22-8-10-23(11-9-22)28(38)32-18-24(36)16-26-27(34-20(2)35)25(37)17-30(42-26,29(39)40)41-13-3-14-43-15-12-33-31/h4-11,24-27,31,36-37H,3,12-18H2,1-2H3,(H,32,38)(H,34,35)(H,39,40)/t24-,25-,26-,27+,30+/m0/s1. The van der Waals surface area contributed by atoms with E-state index in [1.54, 1.807) is 23.9 Å². The number of aliphatic hydroxyl groups excluding tert-OH is 2. The highest BCUT2D eigenvalue weighted by atomic mass is 32.2. The Morgan fingerprint density at radius 2 is 1.79 bits per heavy atom. The summed E-state index contributed by atoms with van der Waals surface area (Å²) in [6.45, 7) is 3.52. The van der Waals surface area contributed by atoms with Crippen molar-refractivity contribution in [1.82, 2.24) is 10.6 Å². The molecule has 0 aliphatic carbocycles. The normalized spacial score (nSPS) is 22.4. The Labute approximate surface area is 255 Å². The molecule has 0 unspecified atom stereocenters. The molecule has 12 nitrogen and oxygen atoms in total. The molecule has 1 saturated heterocycles. The van der Waals surface area contributed by atoms with Gasteiger partial charge in [0.25, 0.3) is 11.7 Å². The molecule has 2 amide bonds. The molecule has 0 radical (unpaired) electrons. The van der Waals surface area contributed by atoms with Gasteiger partial charge in [0.05, 0.1) is 37.5 Å². The predicted octanol–water partition coefficient (Wildman–Crippen LogP) is 2.75. The minimum absolute atomic E-state index is 0.0306. The Kier molecular flexibility index (Phi) is 13.1. The fourth-order valence-electron chi connectivity index (χ4n) is 4.76. The summed E-state index contributed by atoms with van der Waals surface area (Å²) in [4.78, 5) is 36.9. The zero-order valence-electron chi connectivity index (χ0n) is 24.3. The first kappa shape index (κ1) is 34.1. The van der Waals surface area contributed by atoms with Crippen molar-refractivity contribution in [2.75, 3.05) is 31.2 Å². The number of carboxylic acid groups (broad SMARTS) is 1. The number of aliphatic hydroxyl groups is 2. The SMILES string of the molecule is CC(=O)N[C@H]1[C@H](C[C@H](O)CNC(=O)c2ccc(-c3ccc(C)cc3)cc2)O[C@@](OCCCSCCN=N)(C(=O)O)C[C@@H]1O. The first-order chi connectivity index (χ1) is 20.5. The predicted molar refractivity (Wildman–Crippen MR) is 161 cm³/mol. The maximum Gasteiger partial charge on any atom is 0.364 e. The smallest absolute Gasteiger partial charge is 0.364 e. The highest BCUT2D eigenvalue weighted by Gasteiger charge is 2.53. The molecule has 5 atom stereocenters. The zero-order valence-corrected chi connectivity index (χ0v) is 25.1. The fraction of sp³-hybridized carbons (Fsp3) is 0.500. The topological polar surface area (TPSA) is 191 Å². The molecule has 1 aliphatic rings. The van der Waals surface area contributed by atoms with Gasteiger partial charge in [0.15, 0.2) is 0 Å². The average molecular weight is 617 g/mol. The highest BCUT2D eigenvalue weighted by Crippen LogP contribution is 2.33. The molecule has 13 heteroatoms. The van der Waals surface area contributed by atoms with Crippen LogP contribution in [0.25, 0.3) is 11.1 Å². The number of carbonyl (C=O) groups excluding carboxylic acids is 2. The van der Waals surface area contributed by atoms with Crippen LogP contribution in [0.1, 0.15) is 42.1 Å². The summed E-state index contributed by atoms with van der Waals surface area (Å²) in [6.07, 6.45) is -3.78. The van der Waals surface area contributed by atoms with Crippen LogP contribution in [0.5, 0.6) is 0 Å². The largest absolute Gasteiger partial charge is 0.477 e. The Morgan fingerprint density at radius 3 is 2.40 bits per heavy atom. The van der Waals surface area contributed by atoms with E-state index in [0.717, 1.165) is 16.7 Å². The molecule has 1 heterocycles. The number of nitrogens with one attached hydrogen (secondary N) is 3. The van der Waals surface area contributed by atoms with Crippen LogP contribution in [0, 0.1) is 12.5 Å². The van der Waals surface area contributed by atoms with E-state index < -0.39 is 54.3 Å². The van der Waals surface area contributed by atoms with E-state index in [0.29, 0.717) is 30.0 Å². The highest BCUT2D eigenvalue weighted by molar-refractivity contribution is 7.99. The van der Waals surface area contributed by atoms with Crippen molar-refractivity contribution in [3.05, 3.63) is 59.7 Å². The lowest BCUT2D eigenvalue weighted by atomic mass is 9.90. The van der Waals surface area contributed by atoms with Gasteiger partial charge in [0, 0.05) is 37.6 Å². The third-order valence-electron chi connectivity index (χ3n) is 6.98. The van der Waals surface area contributed by atoms with Gasteiger partial charge in [-0.2, -0.15) is 16.9 Å². The third kappa shape index (κ3) is 10.1. The monoisotopic (exact) mass is 616 g/mol. The molecule has 3 rings (SSSR count). The van der Waals surface area contributed by atoms with Crippen molar-refractivity contribution < 1.29 is 39.2 Å². The number of amides is 2. The number of aliphatic carboxylic acids is 1. The number of carbonyl (C=O) groups is 3. The number of aryl methyl sites for hydroxylation is 1. The van der Waals surface area contributed by atoms with Crippen LogP contribution < -0.4 is 10.6 Å². The number of carboxylic acids is 1. The maximum absolute atomic E-state index is 12.8. The molecule has 6 N–H and O–H groups in total. The van der Waals surface area contributed by atoms with Gasteiger partial charge in [-0.3, -0.25) is 9.59 Å². The second-order valence-electron chi connectivity index (χ2n) is 10.5. The number of benzene rings is 2. The molecule has 1 fully saturated rings. The van der Waals surface area contributed by atoms with Crippen LogP contribution in [0.2, 0.25) is 0 Å². The van der Waals surface area contributed by atoms with Crippen LogP contribution in [0.15, 0.2) is 53.6 Å². The number of nitrogens with zero attached hydrogens (tertiary/aromatic N) is 1. The molecule has 0 spiro atoms. The summed E-state index contributed by atoms with van der Waals surface area (Å²) in [7, 11) is 0. The maximum atomic E-state index is 12.8. The average Bonchev–Trinajstić information content (AvgIpc) is 2.97. The number of rotatable bonds is 16. The van der Waals surface area contributed by atoms with Gasteiger partial charge >= 0.3 is 5.97 Å². The molecular weight excluding hydrogens is 576 g/mol. The lowest BCUT2D eigenvalue weighted by Gasteiger charge is -2.45. The lowest BCUT2D eigenvalue weighted by Crippen LogP contribution is -2.64. The van der Waals surface area contributed by atoms with Crippen molar-refractivity contribution in [2.45, 2.75) is 63.3 Å². The summed E-state index contributed by atoms with van der Waals surface area (Å²) in [5.74, 6) is -3.17. The van der Waals surface area contributed by atoms with E-state index >= 15 is 0 Å². The number of hydrogen-bond acceptors (Lipinski definition) is 10. The number of ether oxygens (including phenoxy) is 2. The van der Waals surface area contributed by atoms with Crippen molar-refractivity contribution >= 4 is 29.5 Å². The lowest BCUT2D eigenvalue weighted by molar-refractivity contribution is -0.297. The van der Waals surface area contributed by atoms with E-state index in [2.05, 4.69) is 15.7 Å². The van der Waals surface area contributed by atoms with E-state index in [4.69, 9.17) is 15.0 Å². The van der Waals surface area contributed by atoms with Crippen LogP contribution >= 0.6 is 11.8 Å². The van der Waals surface area contributed by atoms with Crippen LogP contribution in [0.4, 0.5) is 0 Å². The minimum Gasteiger partial charge on any atom is -0.477 e. The van der Waals surface area contributed by atoms with Crippen molar-refractivity contribution in [2.24, 2.45) is 5.11 Å². The Hall–Kier alpha value is -3.36. The van der Waals surface area contributed by atoms with Crippen molar-refractivity contribution in [3.8, 4) is 11.1 Å². The van der Waals surface area contributed by atoms with E-state index in [1.165, 1.54) is 6.92 Å². The quantitative estimate of drug-likeness (QED) is 0.122. The Bertz CT molecular complexity index is 1230. The molecule has 0 bridgehead atoms. The second-order valence-corrected chi connectivity index (χ2v) is 11.7. The third-order valence-corrected chi connectivity index (χ3v) is 8.03. The summed E-state index contributed by atoms with van der Waals surface area (Å²) in [6, 6.07) is 14.1. The van der Waals surface area contributed by atoms with E-state index in [1.807, 2.05) is 43.3 Å². The molecule has 2 aromatic rings. The molecule has 2 aromatic carbocycles. The van der Waals surface area contributed by atoms with Gasteiger partial charge in [-0.15, -0.1) is 0 Å². The summed E-state index contributed by atoms with van der Waals surface area (Å²) < 4.78 is 11.5. The molecule has 0 aromatic heterocycles. The first-order valence-corrected chi connectivity index (χ1v) is 15.2. The van der Waals surface area contributed by atoms with Gasteiger partial charge in [-0.25, -0.2) is 10.3 Å². The van der Waals surface area contributed by atoms with Gasteiger partial charge in [0.2, 0.25) is 5.91 Å². The van der Waals surface area contributed by atoms with Gasteiger partial charge in [-0.05, 0) is 42.4 Å². The summed E-state index contributed by atoms with van der Waals surface area (Å²) >= 11 is 1.55. The van der Waals surface area contributed by atoms with Gasteiger partial charge < -0.3 is 35.4 Å². The van der Waals surface area contributed by atoms with Crippen LogP contribution in [-0.4, -0.2) is 94.4 Å². The Morgan fingerprint density at radius 1 is 1.14 bits per heavy atom. The first-order valence-electron chi connectivity index (χ1n) is 14.1. The molecule has 0 saturated carbocycles. The number of thioether (sulfide) groups is 1. The summed E-state index contributed by atoms with van der Waals surface area (Å²) in [5, 5.41) is 40.2. The van der Waals surface area contributed by atoms with Crippen LogP contribution in [-0.2, 0) is 19.1 Å². The minimum atomic E-state index is -2.18. The molecule has 43 heavy (non-hydrogen) atoms. The van der Waals surface area contributed by atoms with Crippen molar-refractivity contribution in [3.63, 3.8) is 0 Å². The zero-order chi connectivity index (χ0) is 31.4. The Balaban J connectivity index is 1.61. The number of hydrogen-bond donors (Lipinski definition) is 6. The fourth-order valence-corrected chi connectivity index (χ4v) is 5.51.